The predicted molar refractivity (Wildman–Crippen MR) is 74.4 cm³/mol. The summed E-state index contributed by atoms with van der Waals surface area (Å²) in [5.41, 5.74) is 1.18. The second kappa shape index (κ2) is 6.21. The average Bonchev–Trinajstić information content (AvgIpc) is 2.66. The summed E-state index contributed by atoms with van der Waals surface area (Å²) in [4.78, 5) is 14.1. The van der Waals surface area contributed by atoms with Gasteiger partial charge in [-0.15, -0.1) is 0 Å². The predicted octanol–water partition coefficient (Wildman–Crippen LogP) is 2.21. The normalized spacial score (nSPS) is 24.4. The van der Waals surface area contributed by atoms with Gasteiger partial charge in [-0.2, -0.15) is 0 Å². The standard InChI is InChI=1S/C14H19ClN2O/c1-17-9-3-6-13(17)14(18)16-10-11-4-2-5-12(15)8-7-11/h2,5,7-8,13H,3-4,6,9-10H2,1H3,(H,16,18). The van der Waals surface area contributed by atoms with Crippen LogP contribution in [-0.2, 0) is 4.79 Å². The van der Waals surface area contributed by atoms with Crippen molar-refractivity contribution >= 4 is 17.5 Å². The molecule has 1 heterocycles. The lowest BCUT2D eigenvalue weighted by Crippen LogP contribution is -2.42. The number of allylic oxidation sites excluding steroid dienone is 5. The molecular formula is C14H19ClN2O. The number of halogens is 1. The number of nitrogens with one attached hydrogen (secondary N) is 1. The van der Waals surface area contributed by atoms with Gasteiger partial charge in [-0.1, -0.05) is 23.8 Å². The van der Waals surface area contributed by atoms with Crippen LogP contribution in [0.5, 0.6) is 0 Å². The van der Waals surface area contributed by atoms with Crippen molar-refractivity contribution in [3.8, 4) is 0 Å². The Bertz CT molecular complexity index is 412. The minimum Gasteiger partial charge on any atom is -0.351 e. The van der Waals surface area contributed by atoms with E-state index in [1.807, 2.05) is 31.4 Å². The second-order valence-corrected chi connectivity index (χ2v) is 5.28. The molecule has 0 bridgehead atoms. The van der Waals surface area contributed by atoms with Gasteiger partial charge in [0, 0.05) is 11.6 Å². The first kappa shape index (κ1) is 13.4. The van der Waals surface area contributed by atoms with Gasteiger partial charge in [0.05, 0.1) is 6.04 Å². The van der Waals surface area contributed by atoms with Crippen molar-refractivity contribution in [3.05, 3.63) is 34.9 Å². The third-order valence-electron chi connectivity index (χ3n) is 3.45. The van der Waals surface area contributed by atoms with Crippen molar-refractivity contribution in [1.29, 1.82) is 0 Å². The molecule has 1 aliphatic heterocycles. The Morgan fingerprint density at radius 1 is 1.56 bits per heavy atom. The molecule has 2 aliphatic rings. The molecule has 0 spiro atoms. The fourth-order valence-corrected chi connectivity index (χ4v) is 2.49. The maximum Gasteiger partial charge on any atom is 0.237 e. The molecule has 1 aliphatic carbocycles. The van der Waals surface area contributed by atoms with Gasteiger partial charge in [0.2, 0.25) is 5.91 Å². The molecule has 0 aromatic heterocycles. The van der Waals surface area contributed by atoms with Crippen LogP contribution in [0.4, 0.5) is 0 Å². The highest BCUT2D eigenvalue weighted by Gasteiger charge is 2.27. The van der Waals surface area contributed by atoms with E-state index in [1.54, 1.807) is 0 Å². The van der Waals surface area contributed by atoms with Crippen molar-refractivity contribution in [1.82, 2.24) is 10.2 Å². The Morgan fingerprint density at radius 3 is 3.11 bits per heavy atom. The van der Waals surface area contributed by atoms with E-state index in [2.05, 4.69) is 10.2 Å². The van der Waals surface area contributed by atoms with Gasteiger partial charge in [0.25, 0.3) is 0 Å². The fourth-order valence-electron chi connectivity index (χ4n) is 2.34. The largest absolute Gasteiger partial charge is 0.351 e. The lowest BCUT2D eigenvalue weighted by atomic mass is 10.1. The van der Waals surface area contributed by atoms with E-state index in [1.165, 1.54) is 5.57 Å². The van der Waals surface area contributed by atoms with Crippen LogP contribution in [0.3, 0.4) is 0 Å². The lowest BCUT2D eigenvalue weighted by Gasteiger charge is -2.19. The molecule has 1 saturated heterocycles. The van der Waals surface area contributed by atoms with E-state index in [0.717, 1.165) is 30.8 Å². The van der Waals surface area contributed by atoms with Gasteiger partial charge < -0.3 is 5.32 Å². The summed E-state index contributed by atoms with van der Waals surface area (Å²) in [6.07, 6.45) is 10.7. The zero-order valence-corrected chi connectivity index (χ0v) is 11.4. The van der Waals surface area contributed by atoms with Crippen LogP contribution in [0.25, 0.3) is 0 Å². The SMILES string of the molecule is CN1CCCC1C(=O)NCC1=CC=C(Cl)C=CC1. The third kappa shape index (κ3) is 3.47. The van der Waals surface area contributed by atoms with Gasteiger partial charge in [-0.3, -0.25) is 9.69 Å². The highest BCUT2D eigenvalue weighted by molar-refractivity contribution is 6.31. The maximum atomic E-state index is 12.0. The summed E-state index contributed by atoms with van der Waals surface area (Å²) in [6.45, 7) is 1.62. The fraction of sp³-hybridized carbons (Fsp3) is 0.500. The van der Waals surface area contributed by atoms with Crippen LogP contribution in [0.15, 0.2) is 34.9 Å². The van der Waals surface area contributed by atoms with Crippen molar-refractivity contribution in [2.45, 2.75) is 25.3 Å². The number of carbonyl (C=O) groups is 1. The Morgan fingerprint density at radius 2 is 2.39 bits per heavy atom. The van der Waals surface area contributed by atoms with Crippen molar-refractivity contribution < 1.29 is 4.79 Å². The number of likely N-dealkylation sites (N-methyl/N-ethyl adjacent to an activating group) is 1. The molecule has 1 unspecified atom stereocenters. The van der Waals surface area contributed by atoms with Crippen LogP contribution >= 0.6 is 11.6 Å². The molecule has 3 nitrogen and oxygen atoms in total. The molecule has 4 heteroatoms. The number of rotatable bonds is 3. The minimum atomic E-state index is 0.0473. The molecule has 1 fully saturated rings. The molecule has 2 rings (SSSR count). The lowest BCUT2D eigenvalue weighted by molar-refractivity contribution is -0.124. The van der Waals surface area contributed by atoms with Crippen LogP contribution in [-0.4, -0.2) is 37.0 Å². The van der Waals surface area contributed by atoms with Crippen molar-refractivity contribution in [2.75, 3.05) is 20.1 Å². The number of hydrogen-bond donors (Lipinski definition) is 1. The molecule has 0 aromatic rings. The number of hydrogen-bond acceptors (Lipinski definition) is 2. The van der Waals surface area contributed by atoms with Gasteiger partial charge in [-0.05, 0) is 50.6 Å². The molecular weight excluding hydrogens is 248 g/mol. The topological polar surface area (TPSA) is 32.3 Å². The summed E-state index contributed by atoms with van der Waals surface area (Å²) in [5.74, 6) is 0.138. The molecule has 1 amide bonds. The molecule has 98 valence electrons. The molecule has 0 saturated carbocycles. The maximum absolute atomic E-state index is 12.0. The summed E-state index contributed by atoms with van der Waals surface area (Å²) in [6, 6.07) is 0.0473. The van der Waals surface area contributed by atoms with E-state index in [-0.39, 0.29) is 11.9 Å². The van der Waals surface area contributed by atoms with E-state index in [4.69, 9.17) is 11.6 Å². The van der Waals surface area contributed by atoms with Gasteiger partial charge >= 0.3 is 0 Å². The van der Waals surface area contributed by atoms with Crippen LogP contribution in [0.1, 0.15) is 19.3 Å². The van der Waals surface area contributed by atoms with Gasteiger partial charge in [0.15, 0.2) is 0 Å². The smallest absolute Gasteiger partial charge is 0.237 e. The number of nitrogens with zero attached hydrogens (tertiary/aromatic N) is 1. The molecule has 1 atom stereocenters. The first-order chi connectivity index (χ1) is 8.66. The first-order valence-corrected chi connectivity index (χ1v) is 6.74. The zero-order chi connectivity index (χ0) is 13.0. The summed E-state index contributed by atoms with van der Waals surface area (Å²) in [7, 11) is 2.01. The average molecular weight is 267 g/mol. The monoisotopic (exact) mass is 266 g/mol. The molecule has 18 heavy (non-hydrogen) atoms. The van der Waals surface area contributed by atoms with E-state index in [0.29, 0.717) is 6.54 Å². The van der Waals surface area contributed by atoms with E-state index in [9.17, 15) is 4.79 Å². The molecule has 0 aromatic carbocycles. The van der Waals surface area contributed by atoms with Crippen molar-refractivity contribution in [3.63, 3.8) is 0 Å². The summed E-state index contributed by atoms with van der Waals surface area (Å²) in [5, 5.41) is 3.74. The highest BCUT2D eigenvalue weighted by Crippen LogP contribution is 2.16. The van der Waals surface area contributed by atoms with E-state index >= 15 is 0 Å². The Labute approximate surface area is 113 Å². The van der Waals surface area contributed by atoms with E-state index < -0.39 is 0 Å². The Kier molecular flexibility index (Phi) is 4.61. The first-order valence-electron chi connectivity index (χ1n) is 6.36. The summed E-state index contributed by atoms with van der Waals surface area (Å²) >= 11 is 5.91. The quantitative estimate of drug-likeness (QED) is 0.849. The Balaban J connectivity index is 1.84. The molecule has 0 radical (unpaired) electrons. The summed E-state index contributed by atoms with van der Waals surface area (Å²) < 4.78 is 0. The Hall–Kier alpha value is -1.06. The zero-order valence-electron chi connectivity index (χ0n) is 10.7. The van der Waals surface area contributed by atoms with Crippen molar-refractivity contribution in [2.24, 2.45) is 0 Å². The van der Waals surface area contributed by atoms with Crippen LogP contribution < -0.4 is 5.32 Å². The third-order valence-corrected chi connectivity index (χ3v) is 3.70. The highest BCUT2D eigenvalue weighted by atomic mass is 35.5. The van der Waals surface area contributed by atoms with Gasteiger partial charge in [0.1, 0.15) is 0 Å². The molecule has 1 N–H and O–H groups in total. The van der Waals surface area contributed by atoms with Gasteiger partial charge in [-0.25, -0.2) is 0 Å². The second-order valence-electron chi connectivity index (χ2n) is 4.84. The number of amides is 1. The number of likely N-dealkylation sites (tertiary alicyclic amines) is 1. The minimum absolute atomic E-state index is 0.0473. The van der Waals surface area contributed by atoms with Crippen LogP contribution in [0, 0.1) is 0 Å². The number of carbonyl (C=O) groups excluding carboxylic acids is 1. The van der Waals surface area contributed by atoms with Crippen LogP contribution in [0.2, 0.25) is 0 Å².